The maximum absolute atomic E-state index is 10.9. The fourth-order valence-corrected chi connectivity index (χ4v) is 2.23. The molecule has 5 heteroatoms. The number of carboxylic acids is 1. The summed E-state index contributed by atoms with van der Waals surface area (Å²) >= 11 is 0. The van der Waals surface area contributed by atoms with Crippen molar-refractivity contribution in [1.82, 2.24) is 4.90 Å². The van der Waals surface area contributed by atoms with E-state index >= 15 is 0 Å². The first-order valence-corrected chi connectivity index (χ1v) is 5.79. The summed E-state index contributed by atoms with van der Waals surface area (Å²) in [6, 6.07) is 1.57. The molecule has 0 bridgehead atoms. The van der Waals surface area contributed by atoms with E-state index in [0.29, 0.717) is 24.6 Å². The lowest BCUT2D eigenvalue weighted by Crippen LogP contribution is -2.37. The standard InChI is InChI=1S/C12H17NO4/c1-8-11(12(15)16)5-10(17-8)7-13-4-2-3-9(14)6-13/h5,9,14H,2-4,6-7H2,1H3,(H,15,16). The second-order valence-corrected chi connectivity index (χ2v) is 4.52. The van der Waals surface area contributed by atoms with E-state index < -0.39 is 5.97 Å². The van der Waals surface area contributed by atoms with Crippen molar-refractivity contribution in [3.63, 3.8) is 0 Å². The van der Waals surface area contributed by atoms with Crippen molar-refractivity contribution >= 4 is 5.97 Å². The molecule has 0 amide bonds. The van der Waals surface area contributed by atoms with Gasteiger partial charge in [-0.15, -0.1) is 0 Å². The summed E-state index contributed by atoms with van der Waals surface area (Å²) in [5.41, 5.74) is 0.220. The van der Waals surface area contributed by atoms with Gasteiger partial charge in [-0.05, 0) is 32.4 Å². The lowest BCUT2D eigenvalue weighted by Gasteiger charge is -2.29. The molecule has 5 nitrogen and oxygen atoms in total. The molecule has 1 aliphatic heterocycles. The zero-order valence-corrected chi connectivity index (χ0v) is 9.85. The number of likely N-dealkylation sites (tertiary alicyclic amines) is 1. The molecule has 2 heterocycles. The Kier molecular flexibility index (Phi) is 3.49. The average Bonchev–Trinajstić information content (AvgIpc) is 2.59. The largest absolute Gasteiger partial charge is 0.478 e. The Morgan fingerprint density at radius 3 is 3.00 bits per heavy atom. The summed E-state index contributed by atoms with van der Waals surface area (Å²) in [4.78, 5) is 12.9. The summed E-state index contributed by atoms with van der Waals surface area (Å²) in [7, 11) is 0. The minimum absolute atomic E-state index is 0.220. The van der Waals surface area contributed by atoms with Crippen LogP contribution in [0.1, 0.15) is 34.7 Å². The first-order valence-electron chi connectivity index (χ1n) is 5.79. The van der Waals surface area contributed by atoms with Gasteiger partial charge in [-0.2, -0.15) is 0 Å². The van der Waals surface area contributed by atoms with Crippen LogP contribution in [0.3, 0.4) is 0 Å². The summed E-state index contributed by atoms with van der Waals surface area (Å²) < 4.78 is 5.41. The molecular formula is C12H17NO4. The molecule has 0 saturated carbocycles. The molecule has 17 heavy (non-hydrogen) atoms. The van der Waals surface area contributed by atoms with Gasteiger partial charge in [0.15, 0.2) is 0 Å². The highest BCUT2D eigenvalue weighted by molar-refractivity contribution is 5.88. The third-order valence-electron chi connectivity index (χ3n) is 3.06. The quantitative estimate of drug-likeness (QED) is 0.830. The van der Waals surface area contributed by atoms with Gasteiger partial charge < -0.3 is 14.6 Å². The Balaban J connectivity index is 2.03. The summed E-state index contributed by atoms with van der Waals surface area (Å²) in [5.74, 6) is 0.121. The number of furan rings is 1. The van der Waals surface area contributed by atoms with Crippen LogP contribution < -0.4 is 0 Å². The third kappa shape index (κ3) is 2.87. The van der Waals surface area contributed by atoms with E-state index in [9.17, 15) is 9.90 Å². The van der Waals surface area contributed by atoms with Gasteiger partial charge in [0.2, 0.25) is 0 Å². The molecule has 0 aliphatic carbocycles. The summed E-state index contributed by atoms with van der Waals surface area (Å²) in [5, 5.41) is 18.5. The lowest BCUT2D eigenvalue weighted by atomic mass is 10.1. The zero-order valence-electron chi connectivity index (χ0n) is 9.85. The van der Waals surface area contributed by atoms with E-state index in [2.05, 4.69) is 4.90 Å². The number of piperidine rings is 1. The Labute approximate surface area is 99.6 Å². The van der Waals surface area contributed by atoms with Crippen molar-refractivity contribution < 1.29 is 19.4 Å². The highest BCUT2D eigenvalue weighted by atomic mass is 16.4. The smallest absolute Gasteiger partial charge is 0.339 e. The second kappa shape index (κ2) is 4.89. The minimum atomic E-state index is -0.962. The van der Waals surface area contributed by atoms with Crippen LogP contribution in [0.4, 0.5) is 0 Å². The third-order valence-corrected chi connectivity index (χ3v) is 3.06. The molecule has 0 radical (unpaired) electrons. The average molecular weight is 239 g/mol. The number of rotatable bonds is 3. The molecule has 1 aliphatic rings. The SMILES string of the molecule is Cc1oc(CN2CCCC(O)C2)cc1C(=O)O. The van der Waals surface area contributed by atoms with E-state index in [1.54, 1.807) is 13.0 Å². The Morgan fingerprint density at radius 2 is 2.41 bits per heavy atom. The van der Waals surface area contributed by atoms with Crippen molar-refractivity contribution in [3.8, 4) is 0 Å². The number of nitrogens with zero attached hydrogens (tertiary/aromatic N) is 1. The number of aromatic carboxylic acids is 1. The Hall–Kier alpha value is -1.33. The molecule has 2 rings (SSSR count). The van der Waals surface area contributed by atoms with Gasteiger partial charge in [0.05, 0.1) is 12.6 Å². The predicted octanol–water partition coefficient (Wildman–Crippen LogP) is 1.24. The number of carboxylic acid groups (broad SMARTS) is 1. The monoisotopic (exact) mass is 239 g/mol. The van der Waals surface area contributed by atoms with Crippen LogP contribution in [0, 0.1) is 6.92 Å². The number of aliphatic hydroxyl groups excluding tert-OH is 1. The van der Waals surface area contributed by atoms with Crippen molar-refractivity contribution in [2.24, 2.45) is 0 Å². The molecule has 0 spiro atoms. The first kappa shape index (κ1) is 12.1. The number of β-amino-alcohol motifs (C(OH)–C–C–N with tert-alkyl or cyclic N) is 1. The van der Waals surface area contributed by atoms with Gasteiger partial charge >= 0.3 is 5.97 Å². The van der Waals surface area contributed by atoms with Crippen molar-refractivity contribution in [1.29, 1.82) is 0 Å². The number of aliphatic hydroxyl groups is 1. The van der Waals surface area contributed by atoms with Gasteiger partial charge in [0.1, 0.15) is 17.1 Å². The number of hydrogen-bond acceptors (Lipinski definition) is 4. The maximum atomic E-state index is 10.9. The van der Waals surface area contributed by atoms with E-state index in [1.807, 2.05) is 0 Å². The topological polar surface area (TPSA) is 73.9 Å². The van der Waals surface area contributed by atoms with E-state index in [-0.39, 0.29) is 11.7 Å². The normalized spacial score (nSPS) is 21.6. The molecule has 0 aromatic carbocycles. The molecule has 1 fully saturated rings. The van der Waals surface area contributed by atoms with Gasteiger partial charge in [-0.3, -0.25) is 4.90 Å². The molecule has 1 atom stereocenters. The lowest BCUT2D eigenvalue weighted by molar-refractivity contribution is 0.0632. The van der Waals surface area contributed by atoms with Crippen molar-refractivity contribution in [2.45, 2.75) is 32.4 Å². The van der Waals surface area contributed by atoms with Crippen LogP contribution in [-0.2, 0) is 6.54 Å². The van der Waals surface area contributed by atoms with Crippen molar-refractivity contribution in [3.05, 3.63) is 23.2 Å². The van der Waals surface area contributed by atoms with Crippen LogP contribution in [0.25, 0.3) is 0 Å². The fraction of sp³-hybridized carbons (Fsp3) is 0.583. The fourth-order valence-electron chi connectivity index (χ4n) is 2.23. The zero-order chi connectivity index (χ0) is 12.4. The molecule has 94 valence electrons. The number of carbonyl (C=O) groups is 1. The molecule has 1 unspecified atom stereocenters. The van der Waals surface area contributed by atoms with E-state index in [1.165, 1.54) is 0 Å². The van der Waals surface area contributed by atoms with Crippen molar-refractivity contribution in [2.75, 3.05) is 13.1 Å². The van der Waals surface area contributed by atoms with Crippen LogP contribution in [-0.4, -0.2) is 40.3 Å². The second-order valence-electron chi connectivity index (χ2n) is 4.52. The predicted molar refractivity (Wildman–Crippen MR) is 60.9 cm³/mol. The van der Waals surface area contributed by atoms with Gasteiger partial charge in [0.25, 0.3) is 0 Å². The van der Waals surface area contributed by atoms with E-state index in [0.717, 1.165) is 19.4 Å². The Morgan fingerprint density at radius 1 is 1.65 bits per heavy atom. The van der Waals surface area contributed by atoms with Crippen LogP contribution in [0.5, 0.6) is 0 Å². The van der Waals surface area contributed by atoms with Gasteiger partial charge in [-0.1, -0.05) is 0 Å². The highest BCUT2D eigenvalue weighted by Crippen LogP contribution is 2.18. The molecule has 2 N–H and O–H groups in total. The minimum Gasteiger partial charge on any atom is -0.478 e. The van der Waals surface area contributed by atoms with Crippen LogP contribution >= 0.6 is 0 Å². The van der Waals surface area contributed by atoms with E-state index in [4.69, 9.17) is 9.52 Å². The molecule has 1 saturated heterocycles. The summed E-state index contributed by atoms with van der Waals surface area (Å²) in [6.45, 7) is 3.75. The van der Waals surface area contributed by atoms with Crippen LogP contribution in [0.2, 0.25) is 0 Å². The van der Waals surface area contributed by atoms with Gasteiger partial charge in [-0.25, -0.2) is 4.79 Å². The molecule has 1 aromatic heterocycles. The first-order chi connectivity index (χ1) is 8.06. The number of aryl methyl sites for hydroxylation is 1. The molecular weight excluding hydrogens is 222 g/mol. The molecule has 1 aromatic rings. The number of hydrogen-bond donors (Lipinski definition) is 2. The van der Waals surface area contributed by atoms with Crippen LogP contribution in [0.15, 0.2) is 10.5 Å². The highest BCUT2D eigenvalue weighted by Gasteiger charge is 2.20. The summed E-state index contributed by atoms with van der Waals surface area (Å²) in [6.07, 6.45) is 1.53. The Bertz CT molecular complexity index is 413. The van der Waals surface area contributed by atoms with Gasteiger partial charge in [0, 0.05) is 6.54 Å². The maximum Gasteiger partial charge on any atom is 0.339 e.